The van der Waals surface area contributed by atoms with Crippen LogP contribution in [0, 0.1) is 0 Å². The van der Waals surface area contributed by atoms with E-state index in [-0.39, 0.29) is 6.03 Å². The van der Waals surface area contributed by atoms with Crippen LogP contribution in [0.5, 0.6) is 0 Å². The predicted octanol–water partition coefficient (Wildman–Crippen LogP) is 4.49. The summed E-state index contributed by atoms with van der Waals surface area (Å²) in [6, 6.07) is 15.5. The molecule has 0 saturated heterocycles. The summed E-state index contributed by atoms with van der Waals surface area (Å²) < 4.78 is 1.03. The van der Waals surface area contributed by atoms with Gasteiger partial charge in [-0.1, -0.05) is 51.8 Å². The van der Waals surface area contributed by atoms with Crippen molar-refractivity contribution in [3.63, 3.8) is 0 Å². The van der Waals surface area contributed by atoms with Crippen LogP contribution in [0.4, 0.5) is 4.79 Å². The summed E-state index contributed by atoms with van der Waals surface area (Å²) in [4.78, 5) is 13.7. The van der Waals surface area contributed by atoms with E-state index in [2.05, 4.69) is 21.2 Å². The van der Waals surface area contributed by atoms with Crippen molar-refractivity contribution in [2.45, 2.75) is 13.0 Å². The standard InChI is InChI=1S/C17H18BrClN2O/c1-21(12-14-5-7-15(18)8-6-14)17(22)20-10-9-13-3-2-4-16(19)11-13/h2-8,11H,9-10,12H2,1H3,(H,20,22). The smallest absolute Gasteiger partial charge is 0.317 e. The number of hydrogen-bond acceptors (Lipinski definition) is 1. The largest absolute Gasteiger partial charge is 0.338 e. The first kappa shape index (κ1) is 16.8. The summed E-state index contributed by atoms with van der Waals surface area (Å²) in [5, 5.41) is 3.64. The van der Waals surface area contributed by atoms with E-state index >= 15 is 0 Å². The molecule has 0 aliphatic rings. The predicted molar refractivity (Wildman–Crippen MR) is 94.2 cm³/mol. The Kier molecular flexibility index (Phi) is 6.28. The van der Waals surface area contributed by atoms with Crippen LogP contribution < -0.4 is 5.32 Å². The van der Waals surface area contributed by atoms with Gasteiger partial charge in [-0.25, -0.2) is 4.79 Å². The Morgan fingerprint density at radius 3 is 2.59 bits per heavy atom. The molecule has 0 saturated carbocycles. The molecule has 0 aromatic heterocycles. The quantitative estimate of drug-likeness (QED) is 0.813. The molecule has 0 fully saturated rings. The van der Waals surface area contributed by atoms with Crippen LogP contribution in [0.1, 0.15) is 11.1 Å². The lowest BCUT2D eigenvalue weighted by Gasteiger charge is -2.18. The molecule has 3 nitrogen and oxygen atoms in total. The van der Waals surface area contributed by atoms with E-state index in [9.17, 15) is 4.79 Å². The normalized spacial score (nSPS) is 10.3. The molecule has 2 amide bonds. The highest BCUT2D eigenvalue weighted by Gasteiger charge is 2.08. The Labute approximate surface area is 144 Å². The van der Waals surface area contributed by atoms with Crippen LogP contribution in [-0.4, -0.2) is 24.5 Å². The molecule has 0 unspecified atom stereocenters. The van der Waals surface area contributed by atoms with E-state index < -0.39 is 0 Å². The van der Waals surface area contributed by atoms with Gasteiger partial charge in [0.1, 0.15) is 0 Å². The number of hydrogen-bond donors (Lipinski definition) is 1. The van der Waals surface area contributed by atoms with Gasteiger partial charge < -0.3 is 10.2 Å². The van der Waals surface area contributed by atoms with Crippen LogP contribution in [0.15, 0.2) is 53.0 Å². The third-order valence-corrected chi connectivity index (χ3v) is 4.02. The van der Waals surface area contributed by atoms with Gasteiger partial charge in [0.05, 0.1) is 0 Å². The van der Waals surface area contributed by atoms with Gasteiger partial charge in [-0.05, 0) is 41.8 Å². The van der Waals surface area contributed by atoms with Crippen molar-refractivity contribution < 1.29 is 4.79 Å². The van der Waals surface area contributed by atoms with Crippen LogP contribution >= 0.6 is 27.5 Å². The first-order chi connectivity index (χ1) is 10.5. The van der Waals surface area contributed by atoms with Gasteiger partial charge in [0.25, 0.3) is 0 Å². The lowest BCUT2D eigenvalue weighted by molar-refractivity contribution is 0.207. The van der Waals surface area contributed by atoms with E-state index in [0.29, 0.717) is 13.1 Å². The Bertz CT molecular complexity index is 631. The fraction of sp³-hybridized carbons (Fsp3) is 0.235. The molecular weight excluding hydrogens is 364 g/mol. The van der Waals surface area contributed by atoms with E-state index in [1.54, 1.807) is 11.9 Å². The van der Waals surface area contributed by atoms with Gasteiger partial charge in [-0.15, -0.1) is 0 Å². The van der Waals surface area contributed by atoms with E-state index in [4.69, 9.17) is 11.6 Å². The number of nitrogens with zero attached hydrogens (tertiary/aromatic N) is 1. The zero-order chi connectivity index (χ0) is 15.9. The summed E-state index contributed by atoms with van der Waals surface area (Å²) in [5.74, 6) is 0. The van der Waals surface area contributed by atoms with E-state index in [0.717, 1.165) is 27.0 Å². The molecular formula is C17H18BrClN2O. The molecule has 0 aliphatic heterocycles. The molecule has 116 valence electrons. The number of urea groups is 1. The number of nitrogens with one attached hydrogen (secondary N) is 1. The molecule has 22 heavy (non-hydrogen) atoms. The highest BCUT2D eigenvalue weighted by atomic mass is 79.9. The molecule has 0 spiro atoms. The monoisotopic (exact) mass is 380 g/mol. The van der Waals surface area contributed by atoms with Crippen LogP contribution in [0.25, 0.3) is 0 Å². The first-order valence-corrected chi connectivity index (χ1v) is 8.19. The summed E-state index contributed by atoms with van der Waals surface area (Å²) in [5.41, 5.74) is 2.21. The number of carbonyl (C=O) groups is 1. The zero-order valence-electron chi connectivity index (χ0n) is 12.4. The fourth-order valence-electron chi connectivity index (χ4n) is 2.08. The summed E-state index contributed by atoms with van der Waals surface area (Å²) in [6.45, 7) is 1.17. The van der Waals surface area contributed by atoms with E-state index in [1.165, 1.54) is 0 Å². The van der Waals surface area contributed by atoms with Gasteiger partial charge in [-0.3, -0.25) is 0 Å². The highest BCUT2D eigenvalue weighted by molar-refractivity contribution is 9.10. The Hall–Kier alpha value is -1.52. The molecule has 2 rings (SSSR count). The lowest BCUT2D eigenvalue weighted by Crippen LogP contribution is -2.37. The molecule has 0 radical (unpaired) electrons. The molecule has 1 N–H and O–H groups in total. The molecule has 0 bridgehead atoms. The molecule has 0 aliphatic carbocycles. The second-order valence-electron chi connectivity index (χ2n) is 5.09. The number of benzene rings is 2. The maximum Gasteiger partial charge on any atom is 0.317 e. The van der Waals surface area contributed by atoms with Crippen molar-refractivity contribution in [1.29, 1.82) is 0 Å². The minimum atomic E-state index is -0.0788. The molecule has 0 heterocycles. The number of amides is 2. The Morgan fingerprint density at radius 2 is 1.91 bits per heavy atom. The van der Waals surface area contributed by atoms with Gasteiger partial charge in [0.2, 0.25) is 0 Å². The maximum atomic E-state index is 12.1. The molecule has 5 heteroatoms. The third-order valence-electron chi connectivity index (χ3n) is 3.26. The van der Waals surface area contributed by atoms with Crippen molar-refractivity contribution in [2.24, 2.45) is 0 Å². The minimum Gasteiger partial charge on any atom is -0.338 e. The van der Waals surface area contributed by atoms with Crippen LogP contribution in [-0.2, 0) is 13.0 Å². The fourth-order valence-corrected chi connectivity index (χ4v) is 2.55. The van der Waals surface area contributed by atoms with Gasteiger partial charge >= 0.3 is 6.03 Å². The Balaban J connectivity index is 1.77. The first-order valence-electron chi connectivity index (χ1n) is 7.02. The molecule has 2 aromatic rings. The SMILES string of the molecule is CN(Cc1ccc(Br)cc1)C(=O)NCCc1cccc(Cl)c1. The van der Waals surface area contributed by atoms with Crippen LogP contribution in [0.3, 0.4) is 0 Å². The van der Waals surface area contributed by atoms with Gasteiger partial charge in [-0.2, -0.15) is 0 Å². The van der Waals surface area contributed by atoms with E-state index in [1.807, 2.05) is 48.5 Å². The average molecular weight is 382 g/mol. The lowest BCUT2D eigenvalue weighted by atomic mass is 10.1. The molecule has 0 atom stereocenters. The third kappa shape index (κ3) is 5.35. The van der Waals surface area contributed by atoms with Crippen molar-refractivity contribution in [2.75, 3.05) is 13.6 Å². The number of halogens is 2. The van der Waals surface area contributed by atoms with Crippen molar-refractivity contribution in [1.82, 2.24) is 10.2 Å². The number of carbonyl (C=O) groups excluding carboxylic acids is 1. The minimum absolute atomic E-state index is 0.0788. The zero-order valence-corrected chi connectivity index (χ0v) is 14.7. The topological polar surface area (TPSA) is 32.3 Å². The van der Waals surface area contributed by atoms with Crippen molar-refractivity contribution in [3.8, 4) is 0 Å². The molecule has 2 aromatic carbocycles. The summed E-state index contributed by atoms with van der Waals surface area (Å²) in [6.07, 6.45) is 0.762. The highest BCUT2D eigenvalue weighted by Crippen LogP contribution is 2.12. The average Bonchev–Trinajstić information content (AvgIpc) is 2.49. The Morgan fingerprint density at radius 1 is 1.18 bits per heavy atom. The second-order valence-corrected chi connectivity index (χ2v) is 6.45. The van der Waals surface area contributed by atoms with Crippen LogP contribution in [0.2, 0.25) is 5.02 Å². The van der Waals surface area contributed by atoms with Gasteiger partial charge in [0, 0.05) is 29.6 Å². The van der Waals surface area contributed by atoms with Crippen molar-refractivity contribution >= 4 is 33.6 Å². The number of rotatable bonds is 5. The summed E-state index contributed by atoms with van der Waals surface area (Å²) >= 11 is 9.34. The second kappa shape index (κ2) is 8.20. The van der Waals surface area contributed by atoms with Gasteiger partial charge in [0.15, 0.2) is 0 Å². The maximum absolute atomic E-state index is 12.1. The van der Waals surface area contributed by atoms with Crippen molar-refractivity contribution in [3.05, 3.63) is 69.2 Å². The summed E-state index contributed by atoms with van der Waals surface area (Å²) in [7, 11) is 1.79.